The van der Waals surface area contributed by atoms with Crippen molar-refractivity contribution < 1.29 is 14.3 Å². The number of ether oxygens (including phenoxy) is 2. The number of aryl methyl sites for hydroxylation is 1. The van der Waals surface area contributed by atoms with Crippen LogP contribution in [-0.4, -0.2) is 31.3 Å². The number of nitriles is 1. The van der Waals surface area contributed by atoms with Gasteiger partial charge in [0.1, 0.15) is 23.4 Å². The number of rotatable bonds is 6. The van der Waals surface area contributed by atoms with Crippen LogP contribution >= 0.6 is 39.5 Å². The summed E-state index contributed by atoms with van der Waals surface area (Å²) < 4.78 is 11.4. The van der Waals surface area contributed by atoms with E-state index in [1.54, 1.807) is 25.3 Å². The van der Waals surface area contributed by atoms with E-state index in [-0.39, 0.29) is 5.11 Å². The maximum atomic E-state index is 12.8. The predicted molar refractivity (Wildman–Crippen MR) is 121 cm³/mol. The minimum Gasteiger partial charge on any atom is -0.490 e. The average Bonchev–Trinajstić information content (AvgIpc) is 3.05. The number of thiocarbonyl (C=S) groups is 1. The van der Waals surface area contributed by atoms with Gasteiger partial charge in [0.05, 0.1) is 17.7 Å². The highest BCUT2D eigenvalue weighted by atomic mass is 79.9. The average molecular weight is 494 g/mol. The predicted octanol–water partition coefficient (Wildman–Crippen LogP) is 4.41. The zero-order chi connectivity index (χ0) is 20.8. The Morgan fingerprint density at radius 2 is 2.14 bits per heavy atom. The normalized spacial score (nSPS) is 12.6. The van der Waals surface area contributed by atoms with Crippen molar-refractivity contribution in [2.24, 2.45) is 0 Å². The fourth-order valence-corrected chi connectivity index (χ4v) is 4.98. The molecule has 0 unspecified atom stereocenters. The third kappa shape index (κ3) is 5.34. The van der Waals surface area contributed by atoms with Crippen LogP contribution < -0.4 is 15.4 Å². The van der Waals surface area contributed by atoms with Gasteiger partial charge in [0.2, 0.25) is 0 Å². The Labute approximate surface area is 187 Å². The molecule has 1 amide bonds. The lowest BCUT2D eigenvalue weighted by Gasteiger charge is -2.13. The van der Waals surface area contributed by atoms with Crippen molar-refractivity contribution in [2.45, 2.75) is 25.7 Å². The molecule has 0 fully saturated rings. The van der Waals surface area contributed by atoms with Gasteiger partial charge in [-0.3, -0.25) is 10.1 Å². The number of anilines is 1. The Morgan fingerprint density at radius 3 is 2.90 bits per heavy atom. The summed E-state index contributed by atoms with van der Waals surface area (Å²) in [6.07, 6.45) is 4.12. The first kappa shape index (κ1) is 21.7. The van der Waals surface area contributed by atoms with Gasteiger partial charge < -0.3 is 14.8 Å². The molecule has 9 heteroatoms. The van der Waals surface area contributed by atoms with E-state index in [9.17, 15) is 10.1 Å². The van der Waals surface area contributed by atoms with Crippen LogP contribution in [0.5, 0.6) is 5.75 Å². The minimum absolute atomic E-state index is 0.146. The van der Waals surface area contributed by atoms with Crippen LogP contribution in [0.1, 0.15) is 39.2 Å². The van der Waals surface area contributed by atoms with Crippen molar-refractivity contribution in [3.05, 3.63) is 44.2 Å². The van der Waals surface area contributed by atoms with Gasteiger partial charge in [-0.05, 0) is 61.7 Å². The Hall–Kier alpha value is -1.99. The number of halogens is 1. The summed E-state index contributed by atoms with van der Waals surface area (Å²) >= 11 is 10.2. The maximum Gasteiger partial charge on any atom is 0.261 e. The summed E-state index contributed by atoms with van der Waals surface area (Å²) in [5, 5.41) is 16.1. The fourth-order valence-electron chi connectivity index (χ4n) is 3.12. The molecule has 0 saturated carbocycles. The molecular weight excluding hydrogens is 474 g/mol. The number of hydrogen-bond acceptors (Lipinski definition) is 6. The zero-order valence-corrected chi connectivity index (χ0v) is 19.1. The molecule has 1 aromatic carbocycles. The molecule has 3 rings (SSSR count). The molecule has 0 saturated heterocycles. The molecule has 2 aromatic rings. The van der Waals surface area contributed by atoms with Crippen molar-refractivity contribution in [3.8, 4) is 11.8 Å². The van der Waals surface area contributed by atoms with E-state index in [0.717, 1.165) is 35.7 Å². The van der Waals surface area contributed by atoms with E-state index in [1.807, 2.05) is 0 Å². The molecule has 29 heavy (non-hydrogen) atoms. The molecule has 6 nitrogen and oxygen atoms in total. The number of nitrogens with one attached hydrogen (secondary N) is 2. The molecule has 1 aliphatic carbocycles. The van der Waals surface area contributed by atoms with Gasteiger partial charge in [-0.25, -0.2) is 0 Å². The van der Waals surface area contributed by atoms with E-state index in [2.05, 4.69) is 32.6 Å². The first-order chi connectivity index (χ1) is 14.0. The lowest BCUT2D eigenvalue weighted by Crippen LogP contribution is -2.34. The SMILES string of the molecule is COCCOc1ccc(Br)cc1C(=O)NC(=S)Nc1sc2c(c1C#N)CCCC2. The fraction of sp³-hybridized carbons (Fsp3) is 0.350. The molecule has 0 atom stereocenters. The molecular formula is C20H20BrN3O3S2. The summed E-state index contributed by atoms with van der Waals surface area (Å²) in [6, 6.07) is 7.46. The molecule has 1 aliphatic rings. The Kier molecular flexibility index (Phi) is 7.61. The molecule has 0 radical (unpaired) electrons. The quantitative estimate of drug-likeness (QED) is 0.457. The van der Waals surface area contributed by atoms with Crippen LogP contribution in [0.2, 0.25) is 0 Å². The molecule has 0 bridgehead atoms. The van der Waals surface area contributed by atoms with Crippen molar-refractivity contribution in [2.75, 3.05) is 25.6 Å². The number of carbonyl (C=O) groups is 1. The van der Waals surface area contributed by atoms with Crippen LogP contribution in [0, 0.1) is 11.3 Å². The standard InChI is InChI=1S/C20H20BrN3O3S2/c1-26-8-9-27-16-7-6-12(21)10-14(16)18(25)23-20(28)24-19-15(11-22)13-4-2-3-5-17(13)29-19/h6-7,10H,2-5,8-9H2,1H3,(H2,23,24,25,28). The summed E-state index contributed by atoms with van der Waals surface area (Å²) in [7, 11) is 1.58. The number of hydrogen-bond donors (Lipinski definition) is 2. The van der Waals surface area contributed by atoms with Crippen LogP contribution in [0.3, 0.4) is 0 Å². The van der Waals surface area contributed by atoms with Gasteiger partial charge in [0.15, 0.2) is 5.11 Å². The lowest BCUT2D eigenvalue weighted by molar-refractivity contribution is 0.0969. The molecule has 152 valence electrons. The second kappa shape index (κ2) is 10.2. The highest BCUT2D eigenvalue weighted by molar-refractivity contribution is 9.10. The van der Waals surface area contributed by atoms with Gasteiger partial charge in [-0.1, -0.05) is 15.9 Å². The smallest absolute Gasteiger partial charge is 0.261 e. The van der Waals surface area contributed by atoms with E-state index in [4.69, 9.17) is 21.7 Å². The number of methoxy groups -OCH3 is 1. The van der Waals surface area contributed by atoms with Crippen LogP contribution in [0.25, 0.3) is 0 Å². The second-order valence-corrected chi connectivity index (χ2v) is 8.85. The summed E-state index contributed by atoms with van der Waals surface area (Å²) in [4.78, 5) is 14.0. The van der Waals surface area contributed by atoms with Gasteiger partial charge in [0, 0.05) is 16.5 Å². The Bertz CT molecular complexity index is 969. The first-order valence-electron chi connectivity index (χ1n) is 9.11. The van der Waals surface area contributed by atoms with Crippen LogP contribution in [0.4, 0.5) is 5.00 Å². The summed E-state index contributed by atoms with van der Waals surface area (Å²) in [5.41, 5.74) is 2.10. The van der Waals surface area contributed by atoms with Crippen molar-refractivity contribution in [1.82, 2.24) is 5.32 Å². The maximum absolute atomic E-state index is 12.8. The van der Waals surface area contributed by atoms with Crippen LogP contribution in [0.15, 0.2) is 22.7 Å². The summed E-state index contributed by atoms with van der Waals surface area (Å²) in [6.45, 7) is 0.741. The Balaban J connectivity index is 1.72. The molecule has 1 aromatic heterocycles. The van der Waals surface area contributed by atoms with E-state index in [0.29, 0.717) is 35.1 Å². The number of fused-ring (bicyclic) bond motifs is 1. The van der Waals surface area contributed by atoms with Crippen molar-refractivity contribution in [3.63, 3.8) is 0 Å². The van der Waals surface area contributed by atoms with Gasteiger partial charge in [-0.2, -0.15) is 5.26 Å². The third-order valence-electron chi connectivity index (χ3n) is 4.47. The van der Waals surface area contributed by atoms with Gasteiger partial charge in [0.25, 0.3) is 5.91 Å². The van der Waals surface area contributed by atoms with Gasteiger partial charge >= 0.3 is 0 Å². The van der Waals surface area contributed by atoms with E-state index in [1.165, 1.54) is 16.2 Å². The van der Waals surface area contributed by atoms with Crippen molar-refractivity contribution in [1.29, 1.82) is 5.26 Å². The number of carbonyl (C=O) groups excluding carboxylic acids is 1. The first-order valence-corrected chi connectivity index (χ1v) is 11.1. The topological polar surface area (TPSA) is 83.4 Å². The van der Waals surface area contributed by atoms with Crippen LogP contribution in [-0.2, 0) is 17.6 Å². The van der Waals surface area contributed by atoms with E-state index >= 15 is 0 Å². The molecule has 0 spiro atoms. The zero-order valence-electron chi connectivity index (χ0n) is 15.8. The highest BCUT2D eigenvalue weighted by Crippen LogP contribution is 2.37. The largest absolute Gasteiger partial charge is 0.490 e. The number of benzene rings is 1. The number of nitrogens with zero attached hydrogens (tertiary/aromatic N) is 1. The van der Waals surface area contributed by atoms with E-state index < -0.39 is 5.91 Å². The molecule has 2 N–H and O–H groups in total. The van der Waals surface area contributed by atoms with Gasteiger partial charge in [-0.15, -0.1) is 11.3 Å². The second-order valence-electron chi connectivity index (χ2n) is 6.42. The molecule has 0 aliphatic heterocycles. The van der Waals surface area contributed by atoms with Crippen molar-refractivity contribution >= 4 is 55.5 Å². The summed E-state index contributed by atoms with van der Waals surface area (Å²) in [5.74, 6) is 0.0471. The number of thiophene rings is 1. The lowest BCUT2D eigenvalue weighted by atomic mass is 9.96. The Morgan fingerprint density at radius 1 is 1.34 bits per heavy atom. The number of amides is 1. The highest BCUT2D eigenvalue weighted by Gasteiger charge is 2.22. The minimum atomic E-state index is -0.393. The molecule has 1 heterocycles. The monoisotopic (exact) mass is 493 g/mol. The third-order valence-corrected chi connectivity index (χ3v) is 6.37.